The average Bonchev–Trinajstić information content (AvgIpc) is 2.68. The maximum absolute atomic E-state index is 4.24. The first kappa shape index (κ1) is 10.8. The standard InChI is InChI=1S/C11H15N5/c1-9-3-4-10(6-13-9)5-12-7-11-8-14-15-16(11)2/h3-4,6,8,12H,5,7H2,1-2H3. The van der Waals surface area contributed by atoms with E-state index in [2.05, 4.69) is 26.7 Å². The fourth-order valence-corrected chi connectivity index (χ4v) is 1.41. The van der Waals surface area contributed by atoms with Crippen molar-refractivity contribution in [1.82, 2.24) is 25.3 Å². The number of pyridine rings is 1. The predicted molar refractivity (Wildman–Crippen MR) is 60.5 cm³/mol. The van der Waals surface area contributed by atoms with Gasteiger partial charge in [-0.3, -0.25) is 9.67 Å². The van der Waals surface area contributed by atoms with Gasteiger partial charge in [0, 0.05) is 32.0 Å². The molecular weight excluding hydrogens is 202 g/mol. The monoisotopic (exact) mass is 217 g/mol. The van der Waals surface area contributed by atoms with E-state index in [1.165, 1.54) is 5.56 Å². The first-order chi connectivity index (χ1) is 7.75. The second-order valence-corrected chi connectivity index (χ2v) is 3.76. The lowest BCUT2D eigenvalue weighted by atomic mass is 10.2. The normalized spacial score (nSPS) is 10.6. The van der Waals surface area contributed by atoms with Crippen molar-refractivity contribution in [1.29, 1.82) is 0 Å². The van der Waals surface area contributed by atoms with Gasteiger partial charge in [0.25, 0.3) is 0 Å². The Morgan fingerprint density at radius 1 is 1.25 bits per heavy atom. The Balaban J connectivity index is 1.84. The van der Waals surface area contributed by atoms with Crippen molar-refractivity contribution in [3.8, 4) is 0 Å². The minimum atomic E-state index is 0.761. The Hall–Kier alpha value is -1.75. The van der Waals surface area contributed by atoms with Crippen molar-refractivity contribution in [2.45, 2.75) is 20.0 Å². The Morgan fingerprint density at radius 3 is 2.75 bits per heavy atom. The third kappa shape index (κ3) is 2.64. The predicted octanol–water partition coefficient (Wildman–Crippen LogP) is 0.808. The van der Waals surface area contributed by atoms with E-state index in [4.69, 9.17) is 0 Å². The molecule has 0 saturated heterocycles. The molecule has 2 aromatic rings. The SMILES string of the molecule is Cc1ccc(CNCc2cnnn2C)cn1. The molecule has 5 heteroatoms. The van der Waals surface area contributed by atoms with Crippen LogP contribution in [0.5, 0.6) is 0 Å². The molecular formula is C11H15N5. The third-order valence-electron chi connectivity index (χ3n) is 2.42. The second-order valence-electron chi connectivity index (χ2n) is 3.76. The summed E-state index contributed by atoms with van der Waals surface area (Å²) in [6.45, 7) is 3.55. The van der Waals surface area contributed by atoms with E-state index in [-0.39, 0.29) is 0 Å². The summed E-state index contributed by atoms with van der Waals surface area (Å²) in [4.78, 5) is 4.24. The van der Waals surface area contributed by atoms with Gasteiger partial charge >= 0.3 is 0 Å². The molecule has 0 unspecified atom stereocenters. The highest BCUT2D eigenvalue weighted by molar-refractivity contribution is 5.12. The summed E-state index contributed by atoms with van der Waals surface area (Å²) in [5.41, 5.74) is 3.29. The summed E-state index contributed by atoms with van der Waals surface area (Å²) in [5.74, 6) is 0. The van der Waals surface area contributed by atoms with Crippen LogP contribution < -0.4 is 5.32 Å². The topological polar surface area (TPSA) is 55.6 Å². The van der Waals surface area contributed by atoms with Crippen LogP contribution in [0.3, 0.4) is 0 Å². The molecule has 0 spiro atoms. The van der Waals surface area contributed by atoms with E-state index in [0.717, 1.165) is 24.5 Å². The van der Waals surface area contributed by atoms with E-state index >= 15 is 0 Å². The fraction of sp³-hybridized carbons (Fsp3) is 0.364. The number of nitrogens with one attached hydrogen (secondary N) is 1. The van der Waals surface area contributed by atoms with Crippen molar-refractivity contribution >= 4 is 0 Å². The van der Waals surface area contributed by atoms with Gasteiger partial charge in [-0.2, -0.15) is 0 Å². The van der Waals surface area contributed by atoms with Crippen molar-refractivity contribution in [2.24, 2.45) is 7.05 Å². The highest BCUT2D eigenvalue weighted by atomic mass is 15.4. The van der Waals surface area contributed by atoms with Crippen LogP contribution in [0.15, 0.2) is 24.5 Å². The van der Waals surface area contributed by atoms with Crippen LogP contribution in [0.25, 0.3) is 0 Å². The molecule has 84 valence electrons. The molecule has 5 nitrogen and oxygen atoms in total. The average molecular weight is 217 g/mol. The largest absolute Gasteiger partial charge is 0.307 e. The van der Waals surface area contributed by atoms with Crippen LogP contribution in [-0.4, -0.2) is 20.0 Å². The molecule has 0 aliphatic rings. The fourth-order valence-electron chi connectivity index (χ4n) is 1.41. The number of rotatable bonds is 4. The van der Waals surface area contributed by atoms with Gasteiger partial charge in [0.05, 0.1) is 11.9 Å². The molecule has 0 bridgehead atoms. The summed E-state index contributed by atoms with van der Waals surface area (Å²) < 4.78 is 1.76. The first-order valence-electron chi connectivity index (χ1n) is 5.21. The van der Waals surface area contributed by atoms with Gasteiger partial charge < -0.3 is 5.32 Å². The van der Waals surface area contributed by atoms with E-state index in [0.29, 0.717) is 0 Å². The minimum Gasteiger partial charge on any atom is -0.307 e. The molecule has 2 rings (SSSR count). The number of hydrogen-bond donors (Lipinski definition) is 1. The summed E-state index contributed by atoms with van der Waals surface area (Å²) in [6.07, 6.45) is 3.66. The molecule has 0 aromatic carbocycles. The lowest BCUT2D eigenvalue weighted by Crippen LogP contribution is -2.15. The maximum atomic E-state index is 4.24. The van der Waals surface area contributed by atoms with Gasteiger partial charge in [-0.1, -0.05) is 11.3 Å². The van der Waals surface area contributed by atoms with Crippen molar-refractivity contribution < 1.29 is 0 Å². The molecule has 16 heavy (non-hydrogen) atoms. The Bertz CT molecular complexity index is 446. The molecule has 0 radical (unpaired) electrons. The van der Waals surface area contributed by atoms with Crippen LogP contribution in [-0.2, 0) is 20.1 Å². The number of hydrogen-bond acceptors (Lipinski definition) is 4. The molecule has 2 heterocycles. The zero-order chi connectivity index (χ0) is 11.4. The van der Waals surface area contributed by atoms with E-state index in [9.17, 15) is 0 Å². The van der Waals surface area contributed by atoms with Gasteiger partial charge in [0.15, 0.2) is 0 Å². The maximum Gasteiger partial charge on any atom is 0.0738 e. The highest BCUT2D eigenvalue weighted by Crippen LogP contribution is 1.99. The van der Waals surface area contributed by atoms with Crippen molar-refractivity contribution in [3.63, 3.8) is 0 Å². The molecule has 0 saturated carbocycles. The van der Waals surface area contributed by atoms with Crippen molar-refractivity contribution in [2.75, 3.05) is 0 Å². The Labute approximate surface area is 94.5 Å². The van der Waals surface area contributed by atoms with Crippen LogP contribution in [0.4, 0.5) is 0 Å². The lowest BCUT2D eigenvalue weighted by molar-refractivity contribution is 0.616. The van der Waals surface area contributed by atoms with E-state index in [1.807, 2.05) is 26.2 Å². The number of aryl methyl sites for hydroxylation is 2. The second kappa shape index (κ2) is 4.85. The van der Waals surface area contributed by atoms with Gasteiger partial charge in [-0.15, -0.1) is 5.10 Å². The molecule has 1 N–H and O–H groups in total. The quantitative estimate of drug-likeness (QED) is 0.823. The lowest BCUT2D eigenvalue weighted by Gasteiger charge is -2.04. The summed E-state index contributed by atoms with van der Waals surface area (Å²) in [7, 11) is 1.89. The van der Waals surface area contributed by atoms with Gasteiger partial charge in [0.1, 0.15) is 0 Å². The minimum absolute atomic E-state index is 0.761. The third-order valence-corrected chi connectivity index (χ3v) is 2.42. The van der Waals surface area contributed by atoms with Gasteiger partial charge in [-0.25, -0.2) is 0 Å². The summed E-state index contributed by atoms with van der Waals surface area (Å²) in [6, 6.07) is 4.10. The summed E-state index contributed by atoms with van der Waals surface area (Å²) >= 11 is 0. The molecule has 0 fully saturated rings. The summed E-state index contributed by atoms with van der Waals surface area (Å²) in [5, 5.41) is 11.0. The zero-order valence-corrected chi connectivity index (χ0v) is 9.51. The van der Waals surface area contributed by atoms with Crippen LogP contribution in [0.1, 0.15) is 17.0 Å². The van der Waals surface area contributed by atoms with Crippen LogP contribution in [0.2, 0.25) is 0 Å². The molecule has 0 atom stereocenters. The number of aromatic nitrogens is 4. The zero-order valence-electron chi connectivity index (χ0n) is 9.51. The Morgan fingerprint density at radius 2 is 2.12 bits per heavy atom. The van der Waals surface area contributed by atoms with E-state index in [1.54, 1.807) is 10.9 Å². The molecule has 0 aliphatic carbocycles. The highest BCUT2D eigenvalue weighted by Gasteiger charge is 1.99. The number of nitrogens with zero attached hydrogens (tertiary/aromatic N) is 4. The molecule has 0 amide bonds. The van der Waals surface area contributed by atoms with Crippen LogP contribution >= 0.6 is 0 Å². The molecule has 2 aromatic heterocycles. The molecule has 0 aliphatic heterocycles. The van der Waals surface area contributed by atoms with E-state index < -0.39 is 0 Å². The first-order valence-corrected chi connectivity index (χ1v) is 5.21. The Kier molecular flexibility index (Phi) is 3.26. The van der Waals surface area contributed by atoms with Gasteiger partial charge in [0.2, 0.25) is 0 Å². The van der Waals surface area contributed by atoms with Crippen LogP contribution in [0, 0.1) is 6.92 Å². The van der Waals surface area contributed by atoms with Crippen molar-refractivity contribution in [3.05, 3.63) is 41.5 Å². The van der Waals surface area contributed by atoms with Gasteiger partial charge in [-0.05, 0) is 18.6 Å². The smallest absolute Gasteiger partial charge is 0.0738 e.